The van der Waals surface area contributed by atoms with Crippen molar-refractivity contribution in [1.29, 1.82) is 0 Å². The minimum Gasteiger partial charge on any atom is -0.437 e. The molecule has 5 heteroatoms. The highest BCUT2D eigenvalue weighted by Gasteiger charge is 2.23. The monoisotopic (exact) mass is 500 g/mol. The highest BCUT2D eigenvalue weighted by Crippen LogP contribution is 2.38. The van der Waals surface area contributed by atoms with E-state index in [0.717, 1.165) is 44.2 Å². The fraction of sp³-hybridized carbons (Fsp3) is 0. The minimum absolute atomic E-state index is 0.569. The lowest BCUT2D eigenvalue weighted by molar-refractivity contribution is 0.650. The van der Waals surface area contributed by atoms with E-state index in [0.29, 0.717) is 11.7 Å². The van der Waals surface area contributed by atoms with Crippen molar-refractivity contribution in [3.8, 4) is 11.8 Å². The van der Waals surface area contributed by atoms with E-state index in [1.807, 2.05) is 18.2 Å². The van der Waals surface area contributed by atoms with Gasteiger partial charge in [0, 0.05) is 26.9 Å². The van der Waals surface area contributed by atoms with Gasteiger partial charge in [-0.1, -0.05) is 91.0 Å². The average molecular weight is 501 g/mol. The Hall–Kier alpha value is -5.42. The van der Waals surface area contributed by atoms with Crippen molar-refractivity contribution in [3.05, 3.63) is 121 Å². The number of nitrogens with zero attached hydrogens (tertiary/aromatic N) is 4. The summed E-state index contributed by atoms with van der Waals surface area (Å²) in [5.74, 6) is 1.38. The number of furan rings is 1. The molecule has 0 aliphatic heterocycles. The van der Waals surface area contributed by atoms with Gasteiger partial charge < -0.3 is 4.42 Å². The predicted molar refractivity (Wildman–Crippen MR) is 158 cm³/mol. The van der Waals surface area contributed by atoms with Gasteiger partial charge >= 0.3 is 0 Å². The summed E-state index contributed by atoms with van der Waals surface area (Å²) in [7, 11) is 0. The molecule has 5 nitrogen and oxygen atoms in total. The molecule has 0 fully saturated rings. The van der Waals surface area contributed by atoms with Crippen LogP contribution in [0, 0.1) is 0 Å². The van der Waals surface area contributed by atoms with E-state index < -0.39 is 0 Å². The normalized spacial score (nSPS) is 12.1. The standard InChI is InChI=1S/C34H20N4O/c1-6-16-26-21(11-1)22-12-2-7-17-27(22)37(26)32-31-25-15-5-10-20-30(25)39-33(31)36-34(35-32)38-28-18-8-3-13-23(28)24-14-4-9-19-29(24)38/h1-20H. The largest absolute Gasteiger partial charge is 0.437 e. The summed E-state index contributed by atoms with van der Waals surface area (Å²) in [4.78, 5) is 10.4. The highest BCUT2D eigenvalue weighted by atomic mass is 16.3. The zero-order chi connectivity index (χ0) is 25.5. The van der Waals surface area contributed by atoms with Crippen LogP contribution in [0.25, 0.3) is 77.4 Å². The smallest absolute Gasteiger partial charge is 0.240 e. The summed E-state index contributed by atoms with van der Waals surface area (Å²) in [5, 5.41) is 6.61. The van der Waals surface area contributed by atoms with Crippen molar-refractivity contribution in [3.63, 3.8) is 0 Å². The first-order valence-corrected chi connectivity index (χ1v) is 13.0. The molecule has 0 aliphatic carbocycles. The molecule has 0 unspecified atom stereocenters. The Bertz CT molecular complexity index is 2300. The Morgan fingerprint density at radius 1 is 0.436 bits per heavy atom. The van der Waals surface area contributed by atoms with Crippen LogP contribution in [0.3, 0.4) is 0 Å². The van der Waals surface area contributed by atoms with E-state index in [1.54, 1.807) is 0 Å². The van der Waals surface area contributed by atoms with Crippen molar-refractivity contribution in [2.24, 2.45) is 0 Å². The number of hydrogen-bond acceptors (Lipinski definition) is 3. The molecular weight excluding hydrogens is 480 g/mol. The summed E-state index contributed by atoms with van der Waals surface area (Å²) in [5.41, 5.74) is 5.67. The number of benzene rings is 5. The van der Waals surface area contributed by atoms with Crippen molar-refractivity contribution in [2.75, 3.05) is 0 Å². The molecule has 0 aliphatic rings. The van der Waals surface area contributed by atoms with Gasteiger partial charge in [-0.2, -0.15) is 9.97 Å². The Labute approximate surface area is 222 Å². The topological polar surface area (TPSA) is 48.8 Å². The second-order valence-corrected chi connectivity index (χ2v) is 9.87. The van der Waals surface area contributed by atoms with Gasteiger partial charge in [0.05, 0.1) is 27.5 Å². The zero-order valence-corrected chi connectivity index (χ0v) is 20.7. The second-order valence-electron chi connectivity index (χ2n) is 9.87. The Balaban J connectivity index is 1.50. The number of hydrogen-bond donors (Lipinski definition) is 0. The molecule has 39 heavy (non-hydrogen) atoms. The van der Waals surface area contributed by atoms with Gasteiger partial charge in [-0.15, -0.1) is 0 Å². The first-order valence-electron chi connectivity index (χ1n) is 13.0. The predicted octanol–water partition coefficient (Wildman–Crippen LogP) is 8.57. The number of para-hydroxylation sites is 5. The fourth-order valence-electron chi connectivity index (χ4n) is 6.14. The molecule has 0 saturated heterocycles. The molecule has 182 valence electrons. The zero-order valence-electron chi connectivity index (χ0n) is 20.7. The number of fused-ring (bicyclic) bond motifs is 9. The van der Waals surface area contributed by atoms with Crippen molar-refractivity contribution in [2.45, 2.75) is 0 Å². The van der Waals surface area contributed by atoms with Gasteiger partial charge in [-0.25, -0.2) is 0 Å². The molecule has 0 amide bonds. The van der Waals surface area contributed by atoms with Gasteiger partial charge in [0.25, 0.3) is 0 Å². The maximum Gasteiger partial charge on any atom is 0.240 e. The molecule has 0 N–H and O–H groups in total. The van der Waals surface area contributed by atoms with Crippen LogP contribution in [0.2, 0.25) is 0 Å². The molecule has 9 rings (SSSR count). The first-order chi connectivity index (χ1) is 19.4. The van der Waals surface area contributed by atoms with E-state index >= 15 is 0 Å². The summed E-state index contributed by atoms with van der Waals surface area (Å²) < 4.78 is 10.8. The van der Waals surface area contributed by atoms with Crippen LogP contribution in [0.1, 0.15) is 0 Å². The third-order valence-corrected chi connectivity index (χ3v) is 7.78. The Morgan fingerprint density at radius 2 is 0.872 bits per heavy atom. The maximum absolute atomic E-state index is 6.40. The lowest BCUT2D eigenvalue weighted by Crippen LogP contribution is -2.06. The lowest BCUT2D eigenvalue weighted by Gasteiger charge is -2.12. The van der Waals surface area contributed by atoms with Crippen LogP contribution >= 0.6 is 0 Å². The molecule has 0 spiro atoms. The Morgan fingerprint density at radius 3 is 1.41 bits per heavy atom. The van der Waals surface area contributed by atoms with Crippen LogP contribution in [-0.2, 0) is 0 Å². The lowest BCUT2D eigenvalue weighted by atomic mass is 10.2. The molecule has 0 bridgehead atoms. The summed E-state index contributed by atoms with van der Waals surface area (Å²) >= 11 is 0. The van der Waals surface area contributed by atoms with Crippen LogP contribution in [-0.4, -0.2) is 19.1 Å². The van der Waals surface area contributed by atoms with E-state index in [2.05, 4.69) is 112 Å². The average Bonchev–Trinajstić information content (AvgIpc) is 3.64. The van der Waals surface area contributed by atoms with E-state index in [9.17, 15) is 0 Å². The summed E-state index contributed by atoms with van der Waals surface area (Å²) in [6.07, 6.45) is 0. The first kappa shape index (κ1) is 20.6. The molecule has 4 aromatic heterocycles. The van der Waals surface area contributed by atoms with E-state index in [4.69, 9.17) is 14.4 Å². The van der Waals surface area contributed by atoms with Gasteiger partial charge in [0.15, 0.2) is 5.82 Å². The minimum atomic E-state index is 0.569. The molecule has 4 heterocycles. The number of rotatable bonds is 2. The third kappa shape index (κ3) is 2.73. The SMILES string of the molecule is c1ccc2c(c1)oc1nc(-n3c4ccccc4c4ccccc43)nc(-n3c4ccccc4c4ccccc43)c12. The molecule has 9 aromatic rings. The van der Waals surface area contributed by atoms with Gasteiger partial charge in [-0.3, -0.25) is 9.13 Å². The molecule has 5 aromatic carbocycles. The van der Waals surface area contributed by atoms with Crippen molar-refractivity contribution < 1.29 is 4.42 Å². The summed E-state index contributed by atoms with van der Waals surface area (Å²) in [6.45, 7) is 0. The van der Waals surface area contributed by atoms with Gasteiger partial charge in [0.1, 0.15) is 5.58 Å². The van der Waals surface area contributed by atoms with Crippen LogP contribution < -0.4 is 0 Å². The third-order valence-electron chi connectivity index (χ3n) is 7.78. The van der Waals surface area contributed by atoms with Crippen molar-refractivity contribution in [1.82, 2.24) is 19.1 Å². The van der Waals surface area contributed by atoms with Crippen LogP contribution in [0.4, 0.5) is 0 Å². The highest BCUT2D eigenvalue weighted by molar-refractivity contribution is 6.13. The van der Waals surface area contributed by atoms with Gasteiger partial charge in [-0.05, 0) is 30.3 Å². The van der Waals surface area contributed by atoms with Crippen LogP contribution in [0.15, 0.2) is 126 Å². The molecule has 0 atom stereocenters. The quantitative estimate of drug-likeness (QED) is 0.239. The maximum atomic E-state index is 6.40. The number of aromatic nitrogens is 4. The molecule has 0 saturated carbocycles. The fourth-order valence-corrected chi connectivity index (χ4v) is 6.14. The second kappa shape index (κ2) is 7.55. The molecular formula is C34H20N4O. The molecule has 0 radical (unpaired) electrons. The van der Waals surface area contributed by atoms with Crippen molar-refractivity contribution >= 4 is 65.7 Å². The van der Waals surface area contributed by atoms with E-state index in [1.165, 1.54) is 21.5 Å². The van der Waals surface area contributed by atoms with Gasteiger partial charge in [0.2, 0.25) is 11.7 Å². The summed E-state index contributed by atoms with van der Waals surface area (Å²) in [6, 6.07) is 41.9. The Kier molecular flexibility index (Phi) is 3.99. The van der Waals surface area contributed by atoms with Crippen LogP contribution in [0.5, 0.6) is 0 Å². The van der Waals surface area contributed by atoms with E-state index in [-0.39, 0.29) is 0 Å².